The molecule has 4 rings (SSSR count). The second-order valence-electron chi connectivity index (χ2n) is 6.75. The standard InChI is InChI=1S/C23H17BrF3NS/c24-19-10-8-16(9-11-19)13-28-14-22(20-6-1-2-7-21(20)28)29-15-17-4-3-5-18(12-17)23(25,26)27/h1-12,14H,13,15H2. The Morgan fingerprint density at radius 1 is 0.862 bits per heavy atom. The summed E-state index contributed by atoms with van der Waals surface area (Å²) in [5.74, 6) is 0.482. The molecule has 0 spiro atoms. The van der Waals surface area contributed by atoms with Crippen LogP contribution in [-0.4, -0.2) is 4.57 Å². The second kappa shape index (κ2) is 8.28. The van der Waals surface area contributed by atoms with Crippen molar-refractivity contribution in [3.05, 3.63) is 100 Å². The van der Waals surface area contributed by atoms with Gasteiger partial charge >= 0.3 is 6.18 Å². The molecule has 0 saturated heterocycles. The Morgan fingerprint density at radius 2 is 1.62 bits per heavy atom. The van der Waals surface area contributed by atoms with Crippen LogP contribution >= 0.6 is 27.7 Å². The van der Waals surface area contributed by atoms with Gasteiger partial charge in [-0.25, -0.2) is 0 Å². The van der Waals surface area contributed by atoms with Crippen molar-refractivity contribution in [2.45, 2.75) is 23.4 Å². The highest BCUT2D eigenvalue weighted by Gasteiger charge is 2.30. The quantitative estimate of drug-likeness (QED) is 0.267. The molecule has 0 aliphatic rings. The van der Waals surface area contributed by atoms with Crippen molar-refractivity contribution in [1.29, 1.82) is 0 Å². The van der Waals surface area contributed by atoms with Crippen LogP contribution in [0, 0.1) is 0 Å². The van der Waals surface area contributed by atoms with Crippen LogP contribution in [0.1, 0.15) is 16.7 Å². The van der Waals surface area contributed by atoms with Gasteiger partial charge in [0.25, 0.3) is 0 Å². The molecule has 1 nitrogen and oxygen atoms in total. The molecule has 1 aromatic heterocycles. The number of aromatic nitrogens is 1. The zero-order chi connectivity index (χ0) is 20.4. The number of rotatable bonds is 5. The number of hydrogen-bond acceptors (Lipinski definition) is 1. The lowest BCUT2D eigenvalue weighted by Crippen LogP contribution is -2.04. The molecule has 148 valence electrons. The maximum Gasteiger partial charge on any atom is 0.416 e. The molecule has 0 atom stereocenters. The van der Waals surface area contributed by atoms with Crippen LogP contribution in [0.2, 0.25) is 0 Å². The number of thioether (sulfide) groups is 1. The highest BCUT2D eigenvalue weighted by molar-refractivity contribution is 9.10. The predicted octanol–water partition coefficient (Wildman–Crippen LogP) is 7.76. The summed E-state index contributed by atoms with van der Waals surface area (Å²) < 4.78 is 42.1. The fraction of sp³-hybridized carbons (Fsp3) is 0.130. The van der Waals surface area contributed by atoms with Gasteiger partial charge in [-0.3, -0.25) is 0 Å². The summed E-state index contributed by atoms with van der Waals surface area (Å²) in [4.78, 5) is 1.06. The summed E-state index contributed by atoms with van der Waals surface area (Å²) in [6.07, 6.45) is -2.23. The van der Waals surface area contributed by atoms with E-state index in [1.165, 1.54) is 17.7 Å². The van der Waals surface area contributed by atoms with Crippen LogP contribution in [0.15, 0.2) is 88.4 Å². The highest BCUT2D eigenvalue weighted by atomic mass is 79.9. The van der Waals surface area contributed by atoms with E-state index >= 15 is 0 Å². The van der Waals surface area contributed by atoms with Gasteiger partial charge in [0.15, 0.2) is 0 Å². The highest BCUT2D eigenvalue weighted by Crippen LogP contribution is 2.34. The molecule has 0 saturated carbocycles. The summed E-state index contributed by atoms with van der Waals surface area (Å²) in [5, 5.41) is 1.11. The molecule has 4 aromatic rings. The van der Waals surface area contributed by atoms with Gasteiger partial charge < -0.3 is 4.57 Å². The Hall–Kier alpha value is -2.18. The molecule has 0 aliphatic carbocycles. The normalized spacial score (nSPS) is 11.9. The monoisotopic (exact) mass is 475 g/mol. The van der Waals surface area contributed by atoms with Gasteiger partial charge in [-0.2, -0.15) is 13.2 Å². The summed E-state index contributed by atoms with van der Waals surface area (Å²) in [6.45, 7) is 0.734. The molecule has 0 amide bonds. The minimum atomic E-state index is -4.32. The molecule has 29 heavy (non-hydrogen) atoms. The van der Waals surface area contributed by atoms with Crippen molar-refractivity contribution in [2.24, 2.45) is 0 Å². The van der Waals surface area contributed by atoms with Gasteiger partial charge in [0, 0.05) is 38.8 Å². The Morgan fingerprint density at radius 3 is 2.38 bits per heavy atom. The molecule has 0 unspecified atom stereocenters. The van der Waals surface area contributed by atoms with Crippen LogP contribution in [0.5, 0.6) is 0 Å². The van der Waals surface area contributed by atoms with Crippen LogP contribution in [0.25, 0.3) is 10.9 Å². The van der Waals surface area contributed by atoms with Gasteiger partial charge in [0.1, 0.15) is 0 Å². The van der Waals surface area contributed by atoms with Gasteiger partial charge in [0.05, 0.1) is 5.56 Å². The summed E-state index contributed by atoms with van der Waals surface area (Å²) >= 11 is 5.01. The van der Waals surface area contributed by atoms with E-state index in [-0.39, 0.29) is 0 Å². The van der Waals surface area contributed by atoms with Crippen molar-refractivity contribution < 1.29 is 13.2 Å². The van der Waals surface area contributed by atoms with E-state index in [9.17, 15) is 13.2 Å². The number of benzene rings is 3. The SMILES string of the molecule is FC(F)(F)c1cccc(CSc2cn(Cc3ccc(Br)cc3)c3ccccc23)c1. The third-order valence-electron chi connectivity index (χ3n) is 4.67. The first-order valence-corrected chi connectivity index (χ1v) is 10.8. The van der Waals surface area contributed by atoms with E-state index in [0.717, 1.165) is 32.9 Å². The zero-order valence-corrected chi connectivity index (χ0v) is 17.7. The van der Waals surface area contributed by atoms with Crippen molar-refractivity contribution in [3.63, 3.8) is 0 Å². The average molecular weight is 476 g/mol. The first-order chi connectivity index (χ1) is 13.9. The maximum absolute atomic E-state index is 13.0. The van der Waals surface area contributed by atoms with Gasteiger partial charge in [-0.05, 0) is 35.4 Å². The molecule has 1 heterocycles. The van der Waals surface area contributed by atoms with Crippen LogP contribution in [0.3, 0.4) is 0 Å². The lowest BCUT2D eigenvalue weighted by molar-refractivity contribution is -0.137. The Labute approximate surface area is 179 Å². The molecule has 0 N–H and O–H groups in total. The van der Waals surface area contributed by atoms with Gasteiger partial charge in [-0.15, -0.1) is 11.8 Å². The summed E-state index contributed by atoms with van der Waals surface area (Å²) in [6, 6.07) is 21.9. The third kappa shape index (κ3) is 4.70. The number of para-hydroxylation sites is 1. The van der Waals surface area contributed by atoms with Crippen LogP contribution in [0.4, 0.5) is 13.2 Å². The minimum absolute atomic E-state index is 0.482. The molecule has 0 fully saturated rings. The Kier molecular flexibility index (Phi) is 5.74. The topological polar surface area (TPSA) is 4.93 Å². The van der Waals surface area contributed by atoms with Gasteiger partial charge in [-0.1, -0.05) is 64.5 Å². The van der Waals surface area contributed by atoms with Crippen LogP contribution < -0.4 is 0 Å². The fourth-order valence-electron chi connectivity index (χ4n) is 3.24. The fourth-order valence-corrected chi connectivity index (χ4v) is 4.54. The van der Waals surface area contributed by atoms with E-state index in [1.807, 2.05) is 24.3 Å². The van der Waals surface area contributed by atoms with Gasteiger partial charge in [0.2, 0.25) is 0 Å². The number of halogens is 4. The second-order valence-corrected chi connectivity index (χ2v) is 8.68. The largest absolute Gasteiger partial charge is 0.416 e. The lowest BCUT2D eigenvalue weighted by atomic mass is 10.1. The first kappa shape index (κ1) is 20.1. The first-order valence-electron chi connectivity index (χ1n) is 9.01. The number of fused-ring (bicyclic) bond motifs is 1. The Bertz CT molecular complexity index is 1130. The van der Waals surface area contributed by atoms with E-state index in [1.54, 1.807) is 17.8 Å². The lowest BCUT2D eigenvalue weighted by Gasteiger charge is -2.08. The van der Waals surface area contributed by atoms with Crippen LogP contribution in [-0.2, 0) is 18.5 Å². The van der Waals surface area contributed by atoms with Crippen molar-refractivity contribution in [3.8, 4) is 0 Å². The van der Waals surface area contributed by atoms with Crippen molar-refractivity contribution in [2.75, 3.05) is 0 Å². The smallest absolute Gasteiger partial charge is 0.342 e. The summed E-state index contributed by atoms with van der Waals surface area (Å²) in [5.41, 5.74) is 2.35. The zero-order valence-electron chi connectivity index (χ0n) is 15.3. The molecule has 3 aromatic carbocycles. The summed E-state index contributed by atoms with van der Waals surface area (Å²) in [7, 11) is 0. The van der Waals surface area contributed by atoms with Crippen molar-refractivity contribution in [1.82, 2.24) is 4.57 Å². The number of alkyl halides is 3. The average Bonchev–Trinajstić information content (AvgIpc) is 3.05. The number of nitrogens with zero attached hydrogens (tertiary/aromatic N) is 1. The maximum atomic E-state index is 13.0. The number of hydrogen-bond donors (Lipinski definition) is 0. The van der Waals surface area contributed by atoms with E-state index in [4.69, 9.17) is 0 Å². The molecule has 0 bridgehead atoms. The van der Waals surface area contributed by atoms with E-state index in [0.29, 0.717) is 11.3 Å². The molecular formula is C23H17BrF3NS. The third-order valence-corrected chi connectivity index (χ3v) is 6.31. The van der Waals surface area contributed by atoms with E-state index in [2.05, 4.69) is 51.0 Å². The Balaban J connectivity index is 1.59. The molecule has 6 heteroatoms. The minimum Gasteiger partial charge on any atom is -0.342 e. The predicted molar refractivity (Wildman–Crippen MR) is 116 cm³/mol. The van der Waals surface area contributed by atoms with E-state index < -0.39 is 11.7 Å². The molecular weight excluding hydrogens is 459 g/mol. The molecule has 0 aliphatic heterocycles. The molecule has 0 radical (unpaired) electrons. The van der Waals surface area contributed by atoms with Crippen molar-refractivity contribution >= 4 is 38.6 Å².